The summed E-state index contributed by atoms with van der Waals surface area (Å²) in [7, 11) is 0.826. The fourth-order valence-corrected chi connectivity index (χ4v) is 1.42. The zero-order valence-electron chi connectivity index (χ0n) is 10.2. The molecule has 0 saturated carbocycles. The van der Waals surface area contributed by atoms with Crippen molar-refractivity contribution in [1.29, 1.82) is 0 Å². The van der Waals surface area contributed by atoms with Gasteiger partial charge >= 0.3 is 18.5 Å². The van der Waals surface area contributed by atoms with Crippen LogP contribution in [0, 0.1) is 0 Å². The number of H-pyrrole nitrogens is 1. The van der Waals surface area contributed by atoms with E-state index in [2.05, 4.69) is 9.47 Å². The number of hydrogen-bond acceptors (Lipinski definition) is 4. The molecule has 0 aromatic carbocycles. The number of nitrogens with one attached hydrogen (secondary N) is 1. The molecule has 0 saturated heterocycles. The molecule has 1 heterocycles. The van der Waals surface area contributed by atoms with Gasteiger partial charge in [0.25, 0.3) is 5.56 Å². The zero-order valence-corrected chi connectivity index (χ0v) is 10.2. The fraction of sp³-hybridized carbons (Fsp3) is 0.400. The molecule has 21 heavy (non-hydrogen) atoms. The smallest absolute Gasteiger partial charge is 0.469 e. The Balaban J connectivity index is 3.52. The second-order valence-electron chi connectivity index (χ2n) is 3.64. The minimum atomic E-state index is -5.40. The molecule has 5 nitrogen and oxygen atoms in total. The highest BCUT2D eigenvalue weighted by molar-refractivity contribution is 5.74. The number of aromatic nitrogens is 1. The number of esters is 1. The Labute approximate surface area is 112 Å². The summed E-state index contributed by atoms with van der Waals surface area (Å²) in [6, 6.07) is 0. The summed E-state index contributed by atoms with van der Waals surface area (Å²) in [6.45, 7) is 0. The number of halogens is 6. The SMILES string of the molecule is COC(=O)Cc1c(C(F)(F)F)c[nH]c(=O)c1OC(F)(F)F. The molecule has 1 aromatic heterocycles. The van der Waals surface area contributed by atoms with E-state index in [0.717, 1.165) is 7.11 Å². The van der Waals surface area contributed by atoms with Crippen molar-refractivity contribution < 1.29 is 40.6 Å². The van der Waals surface area contributed by atoms with Gasteiger partial charge in [-0.25, -0.2) is 0 Å². The van der Waals surface area contributed by atoms with E-state index in [1.54, 1.807) is 0 Å². The first-order chi connectivity index (χ1) is 9.45. The number of pyridine rings is 1. The van der Waals surface area contributed by atoms with Crippen molar-refractivity contribution in [3.63, 3.8) is 0 Å². The molecule has 1 N–H and O–H groups in total. The van der Waals surface area contributed by atoms with E-state index in [1.165, 1.54) is 4.98 Å². The van der Waals surface area contributed by atoms with Crippen LogP contribution in [-0.2, 0) is 22.1 Å². The van der Waals surface area contributed by atoms with Gasteiger partial charge in [-0.2, -0.15) is 13.2 Å². The quantitative estimate of drug-likeness (QED) is 0.683. The zero-order chi connectivity index (χ0) is 16.4. The lowest BCUT2D eigenvalue weighted by atomic mass is 10.1. The van der Waals surface area contributed by atoms with Crippen LogP contribution in [0.2, 0.25) is 0 Å². The molecule has 0 aliphatic heterocycles. The molecule has 0 atom stereocenters. The van der Waals surface area contributed by atoms with Crippen LogP contribution in [0.4, 0.5) is 26.3 Å². The molecule has 0 bridgehead atoms. The second kappa shape index (κ2) is 5.66. The second-order valence-corrected chi connectivity index (χ2v) is 3.64. The normalized spacial score (nSPS) is 12.1. The largest absolute Gasteiger partial charge is 0.573 e. The molecule has 11 heteroatoms. The van der Waals surface area contributed by atoms with Crippen molar-refractivity contribution >= 4 is 5.97 Å². The average molecular weight is 319 g/mol. The highest BCUT2D eigenvalue weighted by Crippen LogP contribution is 2.35. The maximum Gasteiger partial charge on any atom is 0.573 e. The van der Waals surface area contributed by atoms with Crippen molar-refractivity contribution in [2.24, 2.45) is 0 Å². The highest BCUT2D eigenvalue weighted by atomic mass is 19.4. The van der Waals surface area contributed by atoms with Gasteiger partial charge < -0.3 is 14.5 Å². The molecule has 0 aliphatic rings. The van der Waals surface area contributed by atoms with Crippen molar-refractivity contribution in [3.8, 4) is 5.75 Å². The molecule has 0 fully saturated rings. The van der Waals surface area contributed by atoms with Crippen LogP contribution in [0.1, 0.15) is 11.1 Å². The maximum atomic E-state index is 12.7. The number of aromatic amines is 1. The van der Waals surface area contributed by atoms with Crippen LogP contribution < -0.4 is 10.3 Å². The van der Waals surface area contributed by atoms with E-state index in [4.69, 9.17) is 0 Å². The summed E-state index contributed by atoms with van der Waals surface area (Å²) in [4.78, 5) is 23.8. The van der Waals surface area contributed by atoms with Crippen LogP contribution in [-0.4, -0.2) is 24.4 Å². The Morgan fingerprint density at radius 1 is 1.24 bits per heavy atom. The number of methoxy groups -OCH3 is 1. The first-order valence-electron chi connectivity index (χ1n) is 5.10. The molecule has 0 radical (unpaired) electrons. The number of carbonyl (C=O) groups excluding carboxylic acids is 1. The number of rotatable bonds is 3. The molecule has 1 aromatic rings. The van der Waals surface area contributed by atoms with Gasteiger partial charge in [0.2, 0.25) is 0 Å². The molecular weight excluding hydrogens is 312 g/mol. The Hall–Kier alpha value is -2.20. The van der Waals surface area contributed by atoms with Crippen molar-refractivity contribution in [3.05, 3.63) is 27.7 Å². The van der Waals surface area contributed by atoms with E-state index in [1.807, 2.05) is 0 Å². The maximum absolute atomic E-state index is 12.7. The predicted molar refractivity (Wildman–Crippen MR) is 54.5 cm³/mol. The molecule has 1 rings (SSSR count). The predicted octanol–water partition coefficient (Wildman–Crippen LogP) is 2.01. The van der Waals surface area contributed by atoms with Crippen molar-refractivity contribution in [2.75, 3.05) is 7.11 Å². The van der Waals surface area contributed by atoms with Crippen LogP contribution in [0.15, 0.2) is 11.0 Å². The van der Waals surface area contributed by atoms with Gasteiger partial charge in [0.15, 0.2) is 5.75 Å². The summed E-state index contributed by atoms with van der Waals surface area (Å²) < 4.78 is 82.1. The highest BCUT2D eigenvalue weighted by Gasteiger charge is 2.40. The van der Waals surface area contributed by atoms with Gasteiger partial charge in [-0.3, -0.25) is 9.59 Å². The lowest BCUT2D eigenvalue weighted by molar-refractivity contribution is -0.275. The minimum Gasteiger partial charge on any atom is -0.469 e. The Bertz CT molecular complexity index is 589. The van der Waals surface area contributed by atoms with E-state index in [-0.39, 0.29) is 6.20 Å². The summed E-state index contributed by atoms with van der Waals surface area (Å²) in [5.41, 5.74) is -4.44. The van der Waals surface area contributed by atoms with Gasteiger partial charge in [0.1, 0.15) is 0 Å². The van der Waals surface area contributed by atoms with E-state index in [9.17, 15) is 35.9 Å². The average Bonchev–Trinajstić information content (AvgIpc) is 2.30. The van der Waals surface area contributed by atoms with Gasteiger partial charge in [-0.1, -0.05) is 0 Å². The van der Waals surface area contributed by atoms with E-state index < -0.39 is 47.4 Å². The summed E-state index contributed by atoms with van der Waals surface area (Å²) >= 11 is 0. The first kappa shape index (κ1) is 16.9. The molecule has 0 spiro atoms. The van der Waals surface area contributed by atoms with Crippen LogP contribution in [0.3, 0.4) is 0 Å². The first-order valence-corrected chi connectivity index (χ1v) is 5.10. The number of alkyl halides is 6. The van der Waals surface area contributed by atoms with Gasteiger partial charge in [-0.15, -0.1) is 13.2 Å². The topological polar surface area (TPSA) is 68.4 Å². The number of ether oxygens (including phenoxy) is 2. The Morgan fingerprint density at radius 2 is 1.81 bits per heavy atom. The van der Waals surface area contributed by atoms with E-state index >= 15 is 0 Å². The fourth-order valence-electron chi connectivity index (χ4n) is 1.42. The van der Waals surface area contributed by atoms with Crippen molar-refractivity contribution in [1.82, 2.24) is 4.98 Å². The Kier molecular flexibility index (Phi) is 4.54. The molecule has 0 aliphatic carbocycles. The monoisotopic (exact) mass is 319 g/mol. The third kappa shape index (κ3) is 4.39. The molecule has 0 amide bonds. The lowest BCUT2D eigenvalue weighted by Crippen LogP contribution is -2.27. The molecule has 118 valence electrons. The van der Waals surface area contributed by atoms with Crippen LogP contribution in [0.25, 0.3) is 0 Å². The molecular formula is C10H7F6NO4. The minimum absolute atomic E-state index is 0.157. The summed E-state index contributed by atoms with van der Waals surface area (Å²) in [6.07, 6.45) is -11.6. The molecule has 0 unspecified atom stereocenters. The van der Waals surface area contributed by atoms with Crippen LogP contribution in [0.5, 0.6) is 5.75 Å². The van der Waals surface area contributed by atoms with Gasteiger partial charge in [-0.05, 0) is 0 Å². The third-order valence-corrected chi connectivity index (χ3v) is 2.23. The summed E-state index contributed by atoms with van der Waals surface area (Å²) in [5, 5.41) is 0. The van der Waals surface area contributed by atoms with Gasteiger partial charge in [0, 0.05) is 11.8 Å². The standard InChI is InChI=1S/C10H7F6NO4/c1-20-6(18)2-4-5(9(11,12)13)3-17-8(19)7(4)21-10(14,15)16/h3H,2H2,1H3,(H,17,19). The number of carbonyl (C=O) groups is 1. The van der Waals surface area contributed by atoms with Crippen LogP contribution >= 0.6 is 0 Å². The number of hydrogen-bond donors (Lipinski definition) is 1. The lowest BCUT2D eigenvalue weighted by Gasteiger charge is -2.16. The van der Waals surface area contributed by atoms with E-state index in [0.29, 0.717) is 0 Å². The van der Waals surface area contributed by atoms with Crippen molar-refractivity contribution in [2.45, 2.75) is 19.0 Å². The summed E-state index contributed by atoms with van der Waals surface area (Å²) in [5.74, 6) is -2.92. The van der Waals surface area contributed by atoms with Gasteiger partial charge in [0.05, 0.1) is 19.1 Å². The third-order valence-electron chi connectivity index (χ3n) is 2.23. The Morgan fingerprint density at radius 3 is 2.24 bits per heavy atom.